The maximum absolute atomic E-state index is 11.7. The van der Waals surface area contributed by atoms with E-state index in [1.165, 1.54) is 6.08 Å². The van der Waals surface area contributed by atoms with Crippen molar-refractivity contribution in [1.82, 2.24) is 15.3 Å². The zero-order valence-electron chi connectivity index (χ0n) is 12.1. The second kappa shape index (κ2) is 7.68. The van der Waals surface area contributed by atoms with Gasteiger partial charge < -0.3 is 16.2 Å². The molecule has 0 saturated carbocycles. The number of benzene rings is 1. The van der Waals surface area contributed by atoms with Crippen LogP contribution in [0.25, 0.3) is 11.0 Å². The Hall–Kier alpha value is -2.02. The Labute approximate surface area is 136 Å². The molecule has 1 heterocycles. The number of aromatic nitrogens is 2. The van der Waals surface area contributed by atoms with Gasteiger partial charge >= 0.3 is 18.9 Å². The summed E-state index contributed by atoms with van der Waals surface area (Å²) in [6.45, 7) is 13.0. The van der Waals surface area contributed by atoms with Gasteiger partial charge in [0.2, 0.25) is 0 Å². The fourth-order valence-corrected chi connectivity index (χ4v) is 1.68. The van der Waals surface area contributed by atoms with E-state index in [0.717, 1.165) is 16.6 Å². The van der Waals surface area contributed by atoms with Crippen LogP contribution in [-0.2, 0) is 6.54 Å². The van der Waals surface area contributed by atoms with E-state index < -0.39 is 0 Å². The van der Waals surface area contributed by atoms with Crippen molar-refractivity contribution in [1.29, 1.82) is 0 Å². The molecule has 2 aromatic rings. The first-order chi connectivity index (χ1) is 9.61. The summed E-state index contributed by atoms with van der Waals surface area (Å²) in [5.74, 6) is -0.298. The average Bonchev–Trinajstić information content (AvgIpc) is 2.50. The van der Waals surface area contributed by atoms with Gasteiger partial charge in [0.05, 0.1) is 11.0 Å². The largest absolute Gasteiger partial charge is 1.00 e. The van der Waals surface area contributed by atoms with Crippen LogP contribution in [0.15, 0.2) is 53.7 Å². The van der Waals surface area contributed by atoms with Gasteiger partial charge in [0.25, 0.3) is 0 Å². The summed E-state index contributed by atoms with van der Waals surface area (Å²) in [6, 6.07) is 5.69. The molecule has 0 aliphatic carbocycles. The van der Waals surface area contributed by atoms with Crippen LogP contribution in [0.1, 0.15) is 12.5 Å². The molecule has 0 bridgehead atoms. The van der Waals surface area contributed by atoms with Gasteiger partial charge in [0.15, 0.2) is 0 Å². The van der Waals surface area contributed by atoms with Gasteiger partial charge in [-0.2, -0.15) is 5.70 Å². The average molecular weight is 271 g/mol. The number of fused-ring (bicyclic) bond motifs is 1. The van der Waals surface area contributed by atoms with Gasteiger partial charge in [0.1, 0.15) is 0 Å². The van der Waals surface area contributed by atoms with E-state index in [-0.39, 0.29) is 30.3 Å². The van der Waals surface area contributed by atoms with Crippen LogP contribution in [-0.4, -0.2) is 9.97 Å². The molecule has 4 nitrogen and oxygen atoms in total. The molecule has 0 aliphatic rings. The van der Waals surface area contributed by atoms with Crippen LogP contribution in [0.2, 0.25) is 0 Å². The third-order valence-corrected chi connectivity index (χ3v) is 2.87. The van der Waals surface area contributed by atoms with Gasteiger partial charge in [0, 0.05) is 18.9 Å². The van der Waals surface area contributed by atoms with Gasteiger partial charge in [-0.05, 0) is 17.7 Å². The number of hydrogen-bond donors (Lipinski definition) is 1. The molecule has 0 fully saturated rings. The van der Waals surface area contributed by atoms with Crippen molar-refractivity contribution in [2.45, 2.75) is 13.5 Å². The molecular weight excluding hydrogens is 257 g/mol. The first-order valence-electron chi connectivity index (χ1n) is 6.11. The Balaban J connectivity index is 0.00000220. The van der Waals surface area contributed by atoms with Crippen molar-refractivity contribution < 1.29 is 24.0 Å². The molecule has 0 amide bonds. The Morgan fingerprint density at radius 3 is 2.62 bits per heavy atom. The normalized spacial score (nSPS) is 11.3. The summed E-state index contributed by atoms with van der Waals surface area (Å²) in [4.78, 5) is 8.42. The smallest absolute Gasteiger partial charge is 0.965 e. The zero-order chi connectivity index (χ0) is 14.5. The summed E-state index contributed by atoms with van der Waals surface area (Å²) in [6.07, 6.45) is 4.52. The number of allylic oxidation sites excluding steroid dienone is 2. The van der Waals surface area contributed by atoms with E-state index in [2.05, 4.69) is 15.3 Å². The maximum atomic E-state index is 11.7. The molecule has 0 aliphatic heterocycles. The van der Waals surface area contributed by atoms with Gasteiger partial charge in [-0.3, -0.25) is 34.8 Å². The quantitative estimate of drug-likeness (QED) is 0.317. The fourth-order valence-electron chi connectivity index (χ4n) is 1.68. The topological polar surface area (TPSA) is 60.9 Å². The van der Waals surface area contributed by atoms with E-state index in [9.17, 15) is 5.11 Å². The van der Waals surface area contributed by atoms with Crippen molar-refractivity contribution >= 4 is 11.0 Å². The van der Waals surface area contributed by atoms with Crippen LogP contribution in [0.5, 0.6) is 0 Å². The molecule has 0 saturated heterocycles. The van der Waals surface area contributed by atoms with E-state index >= 15 is 0 Å². The summed E-state index contributed by atoms with van der Waals surface area (Å²) < 4.78 is 0. The standard InChI is InChI=1S/C16H15N3O.Li/c1-4-11(2)16(20)12(3)19-10-13-5-6-14-15(9-13)18-8-7-17-14;/h1,3-9,19-20H,10H2,2H3;/q-2;+1/p-1/b16-11+;. The minimum Gasteiger partial charge on any atom is -0.965 e. The Morgan fingerprint density at radius 2 is 1.95 bits per heavy atom. The molecule has 0 atom stereocenters. The molecule has 2 rings (SSSR count). The van der Waals surface area contributed by atoms with E-state index in [0.29, 0.717) is 12.1 Å². The predicted octanol–water partition coefficient (Wildman–Crippen LogP) is -1.34. The van der Waals surface area contributed by atoms with E-state index in [1.807, 2.05) is 18.2 Å². The van der Waals surface area contributed by atoms with Crippen molar-refractivity contribution in [2.75, 3.05) is 0 Å². The van der Waals surface area contributed by atoms with Crippen molar-refractivity contribution in [2.24, 2.45) is 0 Å². The van der Waals surface area contributed by atoms with E-state index in [4.69, 9.17) is 13.2 Å². The minimum absolute atomic E-state index is 0. The Bertz CT molecular complexity index is 695. The van der Waals surface area contributed by atoms with Crippen LogP contribution < -0.4 is 29.3 Å². The monoisotopic (exact) mass is 271 g/mol. The SMILES string of the molecule is [CH-]=C/C(C)=C(/[O-])C(=[CH-])NCc1ccc2nccnc2c1.[Li+]. The maximum Gasteiger partial charge on any atom is 1.00 e. The van der Waals surface area contributed by atoms with Crippen LogP contribution in [0, 0.1) is 13.2 Å². The number of nitrogens with one attached hydrogen (secondary N) is 1. The molecule has 0 radical (unpaired) electrons. The van der Waals surface area contributed by atoms with Crippen LogP contribution in [0.3, 0.4) is 0 Å². The van der Waals surface area contributed by atoms with E-state index in [1.54, 1.807) is 19.3 Å². The molecule has 5 heteroatoms. The molecule has 0 spiro atoms. The molecule has 1 N–H and O–H groups in total. The molecule has 102 valence electrons. The Morgan fingerprint density at radius 1 is 1.29 bits per heavy atom. The van der Waals surface area contributed by atoms with Crippen LogP contribution >= 0.6 is 0 Å². The number of nitrogens with zero attached hydrogens (tertiary/aromatic N) is 2. The Kier molecular flexibility index (Phi) is 6.23. The zero-order valence-corrected chi connectivity index (χ0v) is 12.1. The van der Waals surface area contributed by atoms with Crippen molar-refractivity contribution in [3.8, 4) is 0 Å². The third kappa shape index (κ3) is 4.22. The van der Waals surface area contributed by atoms with Crippen molar-refractivity contribution in [3.05, 3.63) is 72.4 Å². The molecule has 1 aromatic heterocycles. The molecule has 1 aromatic carbocycles. The molecule has 0 unspecified atom stereocenters. The third-order valence-electron chi connectivity index (χ3n) is 2.87. The van der Waals surface area contributed by atoms with Gasteiger partial charge in [-0.1, -0.05) is 6.07 Å². The second-order valence-corrected chi connectivity index (χ2v) is 4.33. The first kappa shape index (κ1) is 17.0. The summed E-state index contributed by atoms with van der Waals surface area (Å²) in [5, 5.41) is 14.6. The minimum atomic E-state index is -0.298. The van der Waals surface area contributed by atoms with Gasteiger partial charge in [-0.15, -0.1) is 6.92 Å². The first-order valence-corrected chi connectivity index (χ1v) is 6.11. The number of hydrogen-bond acceptors (Lipinski definition) is 4. The summed E-state index contributed by atoms with van der Waals surface area (Å²) in [7, 11) is 0. The van der Waals surface area contributed by atoms with Gasteiger partial charge in [-0.25, -0.2) is 0 Å². The number of rotatable bonds is 5. The summed E-state index contributed by atoms with van der Waals surface area (Å²) in [5.41, 5.74) is 3.06. The second-order valence-electron chi connectivity index (χ2n) is 4.33. The fraction of sp³-hybridized carbons (Fsp3) is 0.125. The van der Waals surface area contributed by atoms with Crippen LogP contribution in [0.4, 0.5) is 0 Å². The molecule has 21 heavy (non-hydrogen) atoms. The van der Waals surface area contributed by atoms with Crippen molar-refractivity contribution in [3.63, 3.8) is 0 Å². The summed E-state index contributed by atoms with van der Waals surface area (Å²) >= 11 is 0. The predicted molar refractivity (Wildman–Crippen MR) is 75.8 cm³/mol. The molecular formula is C16H14LiN3O-2.